The molecule has 0 spiro atoms. The van der Waals surface area contributed by atoms with Gasteiger partial charge in [-0.15, -0.1) is 0 Å². The van der Waals surface area contributed by atoms with Crippen LogP contribution in [0.15, 0.2) is 12.5 Å². The lowest BCUT2D eigenvalue weighted by Gasteiger charge is -2.15. The third-order valence-corrected chi connectivity index (χ3v) is 6.06. The number of alkyl halides is 2. The molecule has 0 saturated heterocycles. The van der Waals surface area contributed by atoms with Gasteiger partial charge in [0, 0.05) is 27.3 Å². The first-order valence-corrected chi connectivity index (χ1v) is 11.7. The molecular weight excluding hydrogens is 340 g/mol. The van der Waals surface area contributed by atoms with Crippen LogP contribution in [-0.2, 0) is 11.5 Å². The molecular formula is C15H20ClF2N3OSi. The molecule has 0 N–H and O–H groups in total. The van der Waals surface area contributed by atoms with E-state index in [4.69, 9.17) is 16.3 Å². The Balaban J connectivity index is 1.82. The average molecular weight is 360 g/mol. The minimum Gasteiger partial charge on any atom is -0.361 e. The summed E-state index contributed by atoms with van der Waals surface area (Å²) in [4.78, 5) is 8.13. The fourth-order valence-electron chi connectivity index (χ4n) is 2.57. The first-order valence-electron chi connectivity index (χ1n) is 7.64. The SMILES string of the molecule is C[Si](C)(C)CCOCn1cc([C@H]2CC2(F)F)c2c(Cl)ncnc21. The predicted molar refractivity (Wildman–Crippen MR) is 88.9 cm³/mol. The van der Waals surface area contributed by atoms with Crippen LogP contribution in [-0.4, -0.2) is 35.1 Å². The van der Waals surface area contributed by atoms with Crippen molar-refractivity contribution in [2.75, 3.05) is 6.61 Å². The zero-order valence-corrected chi connectivity index (χ0v) is 15.2. The zero-order valence-electron chi connectivity index (χ0n) is 13.4. The van der Waals surface area contributed by atoms with Gasteiger partial charge in [-0.2, -0.15) is 0 Å². The van der Waals surface area contributed by atoms with Gasteiger partial charge < -0.3 is 9.30 Å². The van der Waals surface area contributed by atoms with Crippen LogP contribution in [0.3, 0.4) is 0 Å². The first kappa shape index (κ1) is 16.8. The fourth-order valence-corrected chi connectivity index (χ4v) is 3.56. The smallest absolute Gasteiger partial charge is 0.256 e. The normalized spacial score (nSPS) is 20.2. The van der Waals surface area contributed by atoms with Crippen LogP contribution in [0.25, 0.3) is 11.0 Å². The molecule has 23 heavy (non-hydrogen) atoms. The third kappa shape index (κ3) is 3.56. The Morgan fingerprint density at radius 1 is 1.39 bits per heavy atom. The van der Waals surface area contributed by atoms with Crippen molar-refractivity contribution >= 4 is 30.7 Å². The van der Waals surface area contributed by atoms with E-state index in [0.29, 0.717) is 23.2 Å². The second-order valence-corrected chi connectivity index (χ2v) is 13.3. The highest BCUT2D eigenvalue weighted by molar-refractivity contribution is 6.76. The molecule has 0 radical (unpaired) electrons. The highest BCUT2D eigenvalue weighted by Crippen LogP contribution is 2.57. The maximum Gasteiger partial charge on any atom is 0.256 e. The molecule has 0 aliphatic heterocycles. The fraction of sp³-hybridized carbons (Fsp3) is 0.600. The Labute approximate surface area is 139 Å². The van der Waals surface area contributed by atoms with E-state index < -0.39 is 19.9 Å². The second kappa shape index (κ2) is 5.79. The van der Waals surface area contributed by atoms with Crippen LogP contribution in [0.5, 0.6) is 0 Å². The van der Waals surface area contributed by atoms with Crippen molar-refractivity contribution in [3.63, 3.8) is 0 Å². The molecule has 1 atom stereocenters. The van der Waals surface area contributed by atoms with Gasteiger partial charge in [-0.25, -0.2) is 18.7 Å². The van der Waals surface area contributed by atoms with E-state index in [9.17, 15) is 8.78 Å². The van der Waals surface area contributed by atoms with Crippen molar-refractivity contribution in [3.05, 3.63) is 23.2 Å². The molecule has 1 aliphatic carbocycles. The standard InChI is InChI=1S/C15H20ClF2N3OSi/c1-23(2,3)5-4-22-9-21-7-10(11-6-15(11,17)18)12-13(16)19-8-20-14(12)21/h7-8,11H,4-6,9H2,1-3H3/t11-/m1/s1. The Morgan fingerprint density at radius 2 is 2.09 bits per heavy atom. The van der Waals surface area contributed by atoms with Crippen LogP contribution >= 0.6 is 11.6 Å². The van der Waals surface area contributed by atoms with Crippen LogP contribution in [0.1, 0.15) is 17.9 Å². The van der Waals surface area contributed by atoms with Crippen molar-refractivity contribution in [3.8, 4) is 0 Å². The molecule has 1 aliphatic rings. The molecule has 1 fully saturated rings. The van der Waals surface area contributed by atoms with Gasteiger partial charge in [-0.3, -0.25) is 0 Å². The maximum absolute atomic E-state index is 13.5. The summed E-state index contributed by atoms with van der Waals surface area (Å²) >= 11 is 6.12. The summed E-state index contributed by atoms with van der Waals surface area (Å²) in [6.07, 6.45) is 2.89. The van der Waals surface area contributed by atoms with Crippen LogP contribution in [0.2, 0.25) is 30.8 Å². The molecule has 2 heterocycles. The summed E-state index contributed by atoms with van der Waals surface area (Å²) in [6.45, 7) is 7.78. The first-order chi connectivity index (χ1) is 10.7. The lowest BCUT2D eigenvalue weighted by atomic mass is 10.1. The van der Waals surface area contributed by atoms with E-state index in [-0.39, 0.29) is 18.3 Å². The van der Waals surface area contributed by atoms with Crippen molar-refractivity contribution in [1.82, 2.24) is 14.5 Å². The summed E-state index contributed by atoms with van der Waals surface area (Å²) < 4.78 is 34.4. The van der Waals surface area contributed by atoms with E-state index in [2.05, 4.69) is 29.6 Å². The average Bonchev–Trinajstić information content (AvgIpc) is 2.91. The third-order valence-electron chi connectivity index (χ3n) is 4.06. The molecule has 0 aromatic carbocycles. The molecule has 4 nitrogen and oxygen atoms in total. The molecule has 0 bridgehead atoms. The van der Waals surface area contributed by atoms with Crippen molar-refractivity contribution < 1.29 is 13.5 Å². The van der Waals surface area contributed by atoms with Crippen LogP contribution in [0.4, 0.5) is 8.78 Å². The lowest BCUT2D eigenvalue weighted by Crippen LogP contribution is -2.22. The van der Waals surface area contributed by atoms with Gasteiger partial charge in [0.05, 0.1) is 11.3 Å². The van der Waals surface area contributed by atoms with Gasteiger partial charge >= 0.3 is 0 Å². The highest BCUT2D eigenvalue weighted by Gasteiger charge is 2.58. The topological polar surface area (TPSA) is 39.9 Å². The molecule has 2 aromatic rings. The number of hydrogen-bond acceptors (Lipinski definition) is 3. The van der Waals surface area contributed by atoms with Gasteiger partial charge in [0.1, 0.15) is 23.9 Å². The minimum atomic E-state index is -2.66. The Hall–Kier alpha value is -1.05. The molecule has 0 amide bonds. The van der Waals surface area contributed by atoms with Gasteiger partial charge in [0.2, 0.25) is 0 Å². The molecule has 1 saturated carbocycles. The predicted octanol–water partition coefficient (Wildman–Crippen LogP) is 4.52. The molecule has 3 rings (SSSR count). The number of ether oxygens (including phenoxy) is 1. The molecule has 126 valence electrons. The van der Waals surface area contributed by atoms with E-state index in [1.807, 2.05) is 0 Å². The highest BCUT2D eigenvalue weighted by atomic mass is 35.5. The molecule has 0 unspecified atom stereocenters. The lowest BCUT2D eigenvalue weighted by molar-refractivity contribution is 0.0894. The monoisotopic (exact) mass is 359 g/mol. The number of rotatable bonds is 6. The summed E-state index contributed by atoms with van der Waals surface area (Å²) in [5, 5.41) is 0.735. The van der Waals surface area contributed by atoms with Crippen LogP contribution in [0, 0.1) is 0 Å². The van der Waals surface area contributed by atoms with Gasteiger partial charge in [-0.1, -0.05) is 31.2 Å². The van der Waals surface area contributed by atoms with E-state index >= 15 is 0 Å². The van der Waals surface area contributed by atoms with E-state index in [1.54, 1.807) is 10.8 Å². The second-order valence-electron chi connectivity index (χ2n) is 7.28. The van der Waals surface area contributed by atoms with E-state index in [1.165, 1.54) is 6.33 Å². The number of aromatic nitrogens is 3. The van der Waals surface area contributed by atoms with Crippen molar-refractivity contribution in [2.24, 2.45) is 0 Å². The number of hydrogen-bond donors (Lipinski definition) is 0. The van der Waals surface area contributed by atoms with Crippen LogP contribution < -0.4 is 0 Å². The Morgan fingerprint density at radius 3 is 2.70 bits per heavy atom. The van der Waals surface area contributed by atoms with Gasteiger partial charge in [0.25, 0.3) is 5.92 Å². The zero-order chi connectivity index (χ0) is 16.8. The van der Waals surface area contributed by atoms with Gasteiger partial charge in [-0.05, 0) is 11.6 Å². The van der Waals surface area contributed by atoms with Gasteiger partial charge in [0.15, 0.2) is 0 Å². The van der Waals surface area contributed by atoms with Crippen molar-refractivity contribution in [2.45, 2.75) is 50.7 Å². The molecule has 8 heteroatoms. The summed E-state index contributed by atoms with van der Waals surface area (Å²) in [7, 11) is -1.16. The van der Waals surface area contributed by atoms with Crippen molar-refractivity contribution in [1.29, 1.82) is 0 Å². The Bertz CT molecular complexity index is 729. The number of nitrogens with zero attached hydrogens (tertiary/aromatic N) is 3. The number of fused-ring (bicyclic) bond motifs is 1. The number of halogens is 3. The quantitative estimate of drug-likeness (QED) is 0.432. The molecule has 2 aromatic heterocycles. The minimum absolute atomic E-state index is 0.145. The summed E-state index contributed by atoms with van der Waals surface area (Å²) in [5.74, 6) is -3.45. The summed E-state index contributed by atoms with van der Waals surface area (Å²) in [6, 6.07) is 1.05. The summed E-state index contributed by atoms with van der Waals surface area (Å²) in [5.41, 5.74) is 1.07. The van der Waals surface area contributed by atoms with E-state index in [0.717, 1.165) is 6.04 Å². The largest absolute Gasteiger partial charge is 0.361 e. The Kier molecular flexibility index (Phi) is 4.23. The maximum atomic E-state index is 13.5.